The lowest BCUT2D eigenvalue weighted by Crippen LogP contribution is -1.98. The number of benzene rings is 2. The van der Waals surface area contributed by atoms with E-state index in [0.29, 0.717) is 19.4 Å². The zero-order valence-corrected chi connectivity index (χ0v) is 13.4. The predicted octanol–water partition coefficient (Wildman–Crippen LogP) is 4.30. The van der Waals surface area contributed by atoms with Crippen molar-refractivity contribution in [3.63, 3.8) is 0 Å². The molecule has 124 valence electrons. The molecule has 2 aromatic rings. The number of hydrogen-bond donors (Lipinski definition) is 0. The van der Waals surface area contributed by atoms with Gasteiger partial charge in [-0.2, -0.15) is 0 Å². The maximum atomic E-state index is 10.9. The van der Waals surface area contributed by atoms with Crippen molar-refractivity contribution >= 4 is 12.0 Å². The number of ether oxygens (including phenoxy) is 1. The molecule has 0 atom stereocenters. The molecule has 2 aromatic carbocycles. The zero-order chi connectivity index (χ0) is 16.9. The molecule has 0 heterocycles. The predicted molar refractivity (Wildman–Crippen MR) is 91.4 cm³/mol. The summed E-state index contributed by atoms with van der Waals surface area (Å²) < 4.78 is 5.78. The van der Waals surface area contributed by atoms with Gasteiger partial charge in [-0.1, -0.05) is 6.07 Å². The zero-order valence-electron chi connectivity index (χ0n) is 13.4. The minimum absolute atomic E-state index is 0.133. The third-order valence-electron chi connectivity index (χ3n) is 4.28. The third kappa shape index (κ3) is 3.45. The Morgan fingerprint density at radius 3 is 2.54 bits per heavy atom. The number of aldehydes is 1. The lowest BCUT2D eigenvalue weighted by Gasteiger charge is -2.08. The molecule has 0 bridgehead atoms. The first-order valence-corrected chi connectivity index (χ1v) is 8.16. The van der Waals surface area contributed by atoms with E-state index in [1.54, 1.807) is 12.1 Å². The van der Waals surface area contributed by atoms with E-state index in [0.717, 1.165) is 53.6 Å². The van der Waals surface area contributed by atoms with Crippen molar-refractivity contribution in [2.45, 2.75) is 32.1 Å². The lowest BCUT2D eigenvalue weighted by molar-refractivity contribution is -0.384. The molecule has 3 rings (SSSR count). The van der Waals surface area contributed by atoms with E-state index in [4.69, 9.17) is 4.74 Å². The topological polar surface area (TPSA) is 69.4 Å². The van der Waals surface area contributed by atoms with Crippen LogP contribution in [0, 0.1) is 10.1 Å². The largest absolute Gasteiger partial charge is 0.494 e. The highest BCUT2D eigenvalue weighted by molar-refractivity contribution is 5.78. The molecule has 0 fully saturated rings. The van der Waals surface area contributed by atoms with Crippen molar-refractivity contribution in [2.75, 3.05) is 6.61 Å². The number of fused-ring (bicyclic) bond motifs is 3. The van der Waals surface area contributed by atoms with Crippen LogP contribution < -0.4 is 4.74 Å². The highest BCUT2D eigenvalue weighted by Crippen LogP contribution is 2.39. The number of non-ortho nitro benzene ring substituents is 1. The van der Waals surface area contributed by atoms with Gasteiger partial charge in [0.2, 0.25) is 0 Å². The van der Waals surface area contributed by atoms with E-state index < -0.39 is 0 Å². The number of rotatable bonds is 8. The van der Waals surface area contributed by atoms with Crippen molar-refractivity contribution in [1.29, 1.82) is 0 Å². The van der Waals surface area contributed by atoms with Gasteiger partial charge in [0, 0.05) is 18.6 Å². The summed E-state index contributed by atoms with van der Waals surface area (Å²) in [7, 11) is 0. The van der Waals surface area contributed by atoms with E-state index >= 15 is 0 Å². The normalized spacial score (nSPS) is 11.7. The van der Waals surface area contributed by atoms with Crippen LogP contribution in [-0.2, 0) is 11.2 Å². The monoisotopic (exact) mass is 325 g/mol. The summed E-state index contributed by atoms with van der Waals surface area (Å²) in [6, 6.07) is 11.0. The van der Waals surface area contributed by atoms with E-state index in [9.17, 15) is 14.9 Å². The second-order valence-corrected chi connectivity index (χ2v) is 5.96. The second-order valence-electron chi connectivity index (χ2n) is 5.96. The Bertz CT molecular complexity index is 770. The number of nitro groups is 1. The number of unbranched alkanes of at least 4 members (excludes halogenated alkanes) is 3. The van der Waals surface area contributed by atoms with Crippen molar-refractivity contribution in [1.82, 2.24) is 0 Å². The molecule has 0 N–H and O–H groups in total. The minimum Gasteiger partial charge on any atom is -0.494 e. The van der Waals surface area contributed by atoms with Gasteiger partial charge in [0.25, 0.3) is 5.69 Å². The van der Waals surface area contributed by atoms with Crippen LogP contribution in [0.4, 0.5) is 5.69 Å². The van der Waals surface area contributed by atoms with Gasteiger partial charge in [-0.05, 0) is 66.1 Å². The van der Waals surface area contributed by atoms with Crippen LogP contribution in [0.15, 0.2) is 36.4 Å². The van der Waals surface area contributed by atoms with Crippen LogP contribution in [0.5, 0.6) is 5.75 Å². The van der Waals surface area contributed by atoms with Gasteiger partial charge in [0.05, 0.1) is 11.5 Å². The fourth-order valence-electron chi connectivity index (χ4n) is 3.07. The molecule has 0 unspecified atom stereocenters. The van der Waals surface area contributed by atoms with Crippen molar-refractivity contribution in [3.8, 4) is 16.9 Å². The van der Waals surface area contributed by atoms with Gasteiger partial charge in [-0.15, -0.1) is 0 Å². The molecular formula is C19H19NO4. The molecule has 1 aliphatic rings. The molecule has 0 amide bonds. The van der Waals surface area contributed by atoms with Crippen LogP contribution >= 0.6 is 0 Å². The molecule has 1 aliphatic carbocycles. The van der Waals surface area contributed by atoms with E-state index in [1.807, 2.05) is 24.3 Å². The minimum atomic E-state index is -0.359. The maximum absolute atomic E-state index is 10.9. The molecule has 5 heteroatoms. The Labute approximate surface area is 140 Å². The smallest absolute Gasteiger partial charge is 0.269 e. The standard InChI is InChI=1S/C19H19NO4/c21-9-3-1-2-4-10-24-17-6-8-19-15(13-17)11-14-12-16(20(22)23)5-7-18(14)19/h5-9,12-13H,1-4,10-11H2. The van der Waals surface area contributed by atoms with Gasteiger partial charge in [-0.3, -0.25) is 10.1 Å². The van der Waals surface area contributed by atoms with E-state index in [-0.39, 0.29) is 10.6 Å². The van der Waals surface area contributed by atoms with Crippen molar-refractivity contribution < 1.29 is 14.5 Å². The van der Waals surface area contributed by atoms with Crippen LogP contribution in [0.1, 0.15) is 36.8 Å². The van der Waals surface area contributed by atoms with E-state index in [1.165, 1.54) is 0 Å². The average molecular weight is 325 g/mol. The highest BCUT2D eigenvalue weighted by Gasteiger charge is 2.21. The Hall–Kier alpha value is -2.69. The first kappa shape index (κ1) is 16.2. The Morgan fingerprint density at radius 2 is 1.79 bits per heavy atom. The van der Waals surface area contributed by atoms with Crippen molar-refractivity contribution in [2.24, 2.45) is 0 Å². The van der Waals surface area contributed by atoms with Gasteiger partial charge >= 0.3 is 0 Å². The summed E-state index contributed by atoms with van der Waals surface area (Å²) >= 11 is 0. The van der Waals surface area contributed by atoms with E-state index in [2.05, 4.69) is 0 Å². The summed E-state index contributed by atoms with van der Waals surface area (Å²) in [5.41, 5.74) is 4.46. The van der Waals surface area contributed by atoms with Crippen molar-refractivity contribution in [3.05, 3.63) is 57.6 Å². The number of nitro benzene ring substituents is 1. The van der Waals surface area contributed by atoms with Crippen LogP contribution in [0.3, 0.4) is 0 Å². The molecule has 24 heavy (non-hydrogen) atoms. The molecule has 0 radical (unpaired) electrons. The number of carbonyl (C=O) groups excluding carboxylic acids is 1. The first-order valence-electron chi connectivity index (χ1n) is 8.16. The summed E-state index contributed by atoms with van der Waals surface area (Å²) in [6.45, 7) is 0.635. The van der Waals surface area contributed by atoms with Crippen LogP contribution in [0.2, 0.25) is 0 Å². The second kappa shape index (κ2) is 7.25. The van der Waals surface area contributed by atoms with Crippen LogP contribution in [-0.4, -0.2) is 17.8 Å². The van der Waals surface area contributed by atoms with Gasteiger partial charge in [-0.25, -0.2) is 0 Å². The SMILES string of the molecule is O=CCCCCCOc1ccc2c(c1)Cc1cc([N+](=O)[O-])ccc1-2. The Balaban J connectivity index is 1.64. The maximum Gasteiger partial charge on any atom is 0.269 e. The highest BCUT2D eigenvalue weighted by atomic mass is 16.6. The molecular weight excluding hydrogens is 306 g/mol. The quantitative estimate of drug-likeness (QED) is 0.268. The third-order valence-corrected chi connectivity index (χ3v) is 4.28. The molecule has 5 nitrogen and oxygen atoms in total. The van der Waals surface area contributed by atoms with Crippen LogP contribution in [0.25, 0.3) is 11.1 Å². The summed E-state index contributed by atoms with van der Waals surface area (Å²) in [6.07, 6.45) is 5.08. The molecule has 0 aliphatic heterocycles. The first-order chi connectivity index (χ1) is 11.7. The summed E-state index contributed by atoms with van der Waals surface area (Å²) in [4.78, 5) is 20.8. The Morgan fingerprint density at radius 1 is 1.04 bits per heavy atom. The Kier molecular flexibility index (Phi) is 4.89. The fraction of sp³-hybridized carbons (Fsp3) is 0.316. The van der Waals surface area contributed by atoms with Gasteiger partial charge in [0.15, 0.2) is 0 Å². The average Bonchev–Trinajstić information content (AvgIpc) is 2.94. The lowest BCUT2D eigenvalue weighted by atomic mass is 10.1. The molecule has 0 spiro atoms. The van der Waals surface area contributed by atoms with Gasteiger partial charge < -0.3 is 9.53 Å². The molecule has 0 aromatic heterocycles. The summed E-state index contributed by atoms with van der Waals surface area (Å²) in [5, 5.41) is 10.9. The number of nitrogens with zero attached hydrogens (tertiary/aromatic N) is 1. The summed E-state index contributed by atoms with van der Waals surface area (Å²) in [5.74, 6) is 0.825. The number of carbonyl (C=O) groups is 1. The molecule has 0 saturated carbocycles. The fourth-order valence-corrected chi connectivity index (χ4v) is 3.07. The number of hydrogen-bond acceptors (Lipinski definition) is 4. The van der Waals surface area contributed by atoms with Gasteiger partial charge in [0.1, 0.15) is 12.0 Å². The molecule has 0 saturated heterocycles.